The van der Waals surface area contributed by atoms with E-state index in [9.17, 15) is 35.9 Å². The first-order valence-electron chi connectivity index (χ1n) is 16.4. The molecule has 0 bridgehead atoms. The minimum absolute atomic E-state index is 0.0806. The van der Waals surface area contributed by atoms with Gasteiger partial charge in [0.2, 0.25) is 0 Å². The lowest BCUT2D eigenvalue weighted by Crippen LogP contribution is -2.16. The van der Waals surface area contributed by atoms with Gasteiger partial charge in [0.25, 0.3) is 11.8 Å². The van der Waals surface area contributed by atoms with Crippen molar-refractivity contribution < 1.29 is 35.9 Å². The normalized spacial score (nSPS) is 11.4. The largest absolute Gasteiger partial charge is 0.416 e. The number of benzene rings is 6. The number of anilines is 2. The van der Waals surface area contributed by atoms with Crippen LogP contribution in [0.1, 0.15) is 43.0 Å². The summed E-state index contributed by atoms with van der Waals surface area (Å²) in [4.78, 5) is 25.2. The van der Waals surface area contributed by atoms with Crippen molar-refractivity contribution in [3.05, 3.63) is 155 Å². The van der Waals surface area contributed by atoms with E-state index in [1.54, 1.807) is 42.5 Å². The number of nitrogens with one attached hydrogen (secondary N) is 2. The van der Waals surface area contributed by atoms with Crippen LogP contribution in [0.2, 0.25) is 19.6 Å². The van der Waals surface area contributed by atoms with Crippen LogP contribution >= 0.6 is 0 Å². The lowest BCUT2D eigenvalue weighted by Gasteiger charge is -2.11. The van der Waals surface area contributed by atoms with Gasteiger partial charge in [0.1, 0.15) is 8.07 Å². The van der Waals surface area contributed by atoms with E-state index in [2.05, 4.69) is 47.7 Å². The molecule has 2 amide bonds. The van der Waals surface area contributed by atoms with E-state index in [0.29, 0.717) is 22.1 Å². The predicted octanol–water partition coefficient (Wildman–Crippen LogP) is 11.4. The van der Waals surface area contributed by atoms with Gasteiger partial charge in [-0.25, -0.2) is 0 Å². The third-order valence-corrected chi connectivity index (χ3v) is 8.77. The second-order valence-electron chi connectivity index (χ2n) is 13.2. The van der Waals surface area contributed by atoms with Crippen LogP contribution in [-0.4, -0.2) is 19.9 Å². The Hall–Kier alpha value is -6.30. The maximum atomic E-state index is 12.9. The van der Waals surface area contributed by atoms with E-state index >= 15 is 0 Å². The highest BCUT2D eigenvalue weighted by Crippen LogP contribution is 2.32. The number of amides is 2. The molecule has 0 atom stereocenters. The number of carbonyl (C=O) groups is 2. The zero-order chi connectivity index (χ0) is 39.3. The van der Waals surface area contributed by atoms with Crippen molar-refractivity contribution >= 4 is 52.8 Å². The fraction of sp³-hybridized carbons (Fsp3) is 0.116. The number of carbonyl (C=O) groups excluding carboxylic acids is 2. The van der Waals surface area contributed by atoms with Gasteiger partial charge in [0, 0.05) is 33.6 Å². The molecule has 0 aromatic heterocycles. The summed E-state index contributed by atoms with van der Waals surface area (Å²) in [5, 5.41) is 8.10. The number of hydrogen-bond donors (Lipinski definition) is 2. The molecule has 0 heterocycles. The Morgan fingerprint density at radius 2 is 1.00 bits per heavy atom. The van der Waals surface area contributed by atoms with E-state index < -0.39 is 43.4 Å². The molecule has 0 aliphatic rings. The van der Waals surface area contributed by atoms with Crippen molar-refractivity contribution in [2.75, 3.05) is 10.6 Å². The summed E-state index contributed by atoms with van der Waals surface area (Å²) in [6, 6.07) is 30.3. The Labute approximate surface area is 309 Å². The average Bonchev–Trinajstić information content (AvgIpc) is 3.12. The third kappa shape index (κ3) is 9.97. The lowest BCUT2D eigenvalue weighted by atomic mass is 10.0. The predicted molar refractivity (Wildman–Crippen MR) is 205 cm³/mol. The Morgan fingerprint density at radius 3 is 1.43 bits per heavy atom. The Bertz CT molecular complexity index is 2480. The van der Waals surface area contributed by atoms with Gasteiger partial charge in [-0.1, -0.05) is 80.0 Å². The monoisotopic (exact) mass is 750 g/mol. The van der Waals surface area contributed by atoms with Gasteiger partial charge in [-0.2, -0.15) is 26.3 Å². The van der Waals surface area contributed by atoms with Gasteiger partial charge in [-0.15, -0.1) is 12.0 Å². The standard InChI is InChI=1S/C23H20F3NOSi.C20H12F3NO/c1-29(2,3)13-12-16-10-11-20-17(14-16)6-4-9-21(20)22(28)27-19-8-5-7-18(15-19)23(24,25)26;1-2-13-9-10-17-14(11-13)5-3-8-18(17)19(25)24-16-7-4-6-15(12-16)20(21,22)23/h4-11,14-15H,1-3H3,(H,27,28);1,3-12H,(H,24,25). The molecule has 11 heteroatoms. The molecule has 0 unspecified atom stereocenters. The molecular formula is C43H32F6N2O2Si. The van der Waals surface area contributed by atoms with Gasteiger partial charge in [-0.05, 0) is 94.3 Å². The minimum atomic E-state index is -4.47. The van der Waals surface area contributed by atoms with E-state index in [1.807, 2.05) is 30.3 Å². The molecule has 6 aromatic rings. The van der Waals surface area contributed by atoms with Crippen molar-refractivity contribution in [1.29, 1.82) is 0 Å². The highest BCUT2D eigenvalue weighted by molar-refractivity contribution is 6.83. The molecule has 2 N–H and O–H groups in total. The van der Waals surface area contributed by atoms with E-state index in [4.69, 9.17) is 6.42 Å². The van der Waals surface area contributed by atoms with Crippen LogP contribution in [-0.2, 0) is 12.4 Å². The number of alkyl halides is 6. The van der Waals surface area contributed by atoms with Crippen molar-refractivity contribution in [2.24, 2.45) is 0 Å². The molecule has 0 spiro atoms. The first-order chi connectivity index (χ1) is 25.4. The first kappa shape index (κ1) is 38.9. The van der Waals surface area contributed by atoms with Crippen LogP contribution in [0.5, 0.6) is 0 Å². The summed E-state index contributed by atoms with van der Waals surface area (Å²) in [7, 11) is -1.50. The van der Waals surface area contributed by atoms with E-state index in [1.165, 1.54) is 24.3 Å². The molecule has 272 valence electrons. The summed E-state index contributed by atoms with van der Waals surface area (Å²) >= 11 is 0. The maximum Gasteiger partial charge on any atom is 0.416 e. The fourth-order valence-corrected chi connectivity index (χ4v) is 5.85. The molecule has 0 saturated carbocycles. The second kappa shape index (κ2) is 15.7. The smallest absolute Gasteiger partial charge is 0.322 e. The van der Waals surface area contributed by atoms with Crippen LogP contribution in [0.3, 0.4) is 0 Å². The van der Waals surface area contributed by atoms with Crippen LogP contribution in [0, 0.1) is 23.8 Å². The topological polar surface area (TPSA) is 58.2 Å². The highest BCUT2D eigenvalue weighted by atomic mass is 28.3. The van der Waals surface area contributed by atoms with E-state index in [-0.39, 0.29) is 11.4 Å². The lowest BCUT2D eigenvalue weighted by molar-refractivity contribution is -0.138. The SMILES string of the molecule is C#Cc1ccc2c(C(=O)Nc3cccc(C(F)(F)F)c3)cccc2c1.C[Si](C)(C)C#Cc1ccc2c(C(=O)Nc3cccc(C(F)(F)F)c3)cccc2c1. The molecular weight excluding hydrogens is 719 g/mol. The number of halogens is 6. The molecule has 0 fully saturated rings. The molecule has 0 radical (unpaired) electrons. The maximum absolute atomic E-state index is 12.9. The summed E-state index contributed by atoms with van der Waals surface area (Å²) < 4.78 is 77.0. The Morgan fingerprint density at radius 1 is 0.574 bits per heavy atom. The van der Waals surface area contributed by atoms with E-state index in [0.717, 1.165) is 46.0 Å². The fourth-order valence-electron chi connectivity index (χ4n) is 5.33. The third-order valence-electron chi connectivity index (χ3n) is 7.89. The average molecular weight is 751 g/mol. The second-order valence-corrected chi connectivity index (χ2v) is 17.9. The zero-order valence-corrected chi connectivity index (χ0v) is 30.2. The first-order valence-corrected chi connectivity index (χ1v) is 19.9. The Balaban J connectivity index is 0.000000210. The molecule has 6 aromatic carbocycles. The Kier molecular flexibility index (Phi) is 11.3. The van der Waals surface area contributed by atoms with Gasteiger partial charge >= 0.3 is 12.4 Å². The van der Waals surface area contributed by atoms with Crippen molar-refractivity contribution in [1.82, 2.24) is 0 Å². The number of terminal acetylenes is 1. The quantitative estimate of drug-likeness (QED) is 0.107. The summed E-state index contributed by atoms with van der Waals surface area (Å²) in [5.74, 6) is 4.76. The van der Waals surface area contributed by atoms with Gasteiger partial charge in [0.05, 0.1) is 11.1 Å². The molecule has 0 aliphatic heterocycles. The van der Waals surface area contributed by atoms with Crippen molar-refractivity contribution in [3.63, 3.8) is 0 Å². The minimum Gasteiger partial charge on any atom is -0.322 e. The van der Waals surface area contributed by atoms with Crippen LogP contribution < -0.4 is 10.6 Å². The molecule has 0 saturated heterocycles. The van der Waals surface area contributed by atoms with Crippen molar-refractivity contribution in [2.45, 2.75) is 32.0 Å². The summed E-state index contributed by atoms with van der Waals surface area (Å²) in [6.07, 6.45) is -3.56. The van der Waals surface area contributed by atoms with Gasteiger partial charge < -0.3 is 10.6 Å². The van der Waals surface area contributed by atoms with Crippen LogP contribution in [0.25, 0.3) is 21.5 Å². The van der Waals surface area contributed by atoms with Crippen LogP contribution in [0.15, 0.2) is 121 Å². The number of hydrogen-bond acceptors (Lipinski definition) is 2. The summed E-state index contributed by atoms with van der Waals surface area (Å²) in [6.45, 7) is 6.49. The van der Waals surface area contributed by atoms with Gasteiger partial charge in [0.15, 0.2) is 0 Å². The molecule has 54 heavy (non-hydrogen) atoms. The zero-order valence-electron chi connectivity index (χ0n) is 29.2. The highest BCUT2D eigenvalue weighted by Gasteiger charge is 2.31. The molecule has 4 nitrogen and oxygen atoms in total. The molecule has 0 aliphatic carbocycles. The molecule has 6 rings (SSSR count). The van der Waals surface area contributed by atoms with Crippen LogP contribution in [0.4, 0.5) is 37.7 Å². The van der Waals surface area contributed by atoms with Gasteiger partial charge in [-0.3, -0.25) is 9.59 Å². The van der Waals surface area contributed by atoms with Crippen molar-refractivity contribution in [3.8, 4) is 23.8 Å². The number of fused-ring (bicyclic) bond motifs is 2. The summed E-state index contributed by atoms with van der Waals surface area (Å²) in [5.41, 5.74) is 4.17. The number of rotatable bonds is 4.